The Bertz CT molecular complexity index is 3490. The first kappa shape index (κ1) is 69.7. The summed E-state index contributed by atoms with van der Waals surface area (Å²) in [6.45, 7) is 24.3. The van der Waals surface area contributed by atoms with Crippen LogP contribution in [0.2, 0.25) is 0 Å². The summed E-state index contributed by atoms with van der Waals surface area (Å²) in [6, 6.07) is 19.8. The number of β-lactam (4-membered cyclic amide) rings is 2. The zero-order valence-corrected chi connectivity index (χ0v) is 56.0. The number of ether oxygens (including phenoxy) is 5. The Hall–Kier alpha value is -8.81. The maximum atomic E-state index is 13.7. The predicted octanol–water partition coefficient (Wildman–Crippen LogP) is 11.7. The van der Waals surface area contributed by atoms with Crippen molar-refractivity contribution in [2.75, 3.05) is 46.9 Å². The molecule has 4 aromatic carbocycles. The van der Waals surface area contributed by atoms with Crippen LogP contribution >= 0.6 is 0 Å². The number of amides is 6. The van der Waals surface area contributed by atoms with E-state index in [1.807, 2.05) is 60.8 Å². The number of anilines is 1. The molecule has 1 fully saturated rings. The van der Waals surface area contributed by atoms with Crippen LogP contribution in [-0.2, 0) is 24.0 Å². The minimum absolute atomic E-state index is 0.154. The molecule has 0 radical (unpaired) electrons. The van der Waals surface area contributed by atoms with Crippen molar-refractivity contribution in [3.63, 3.8) is 0 Å². The van der Waals surface area contributed by atoms with E-state index in [2.05, 4.69) is 49.0 Å². The number of methoxy groups -OCH3 is 3. The number of hydrogen-bond donors (Lipinski definition) is 4. The minimum Gasteiger partial charge on any atom is -0.497 e. The summed E-state index contributed by atoms with van der Waals surface area (Å²) >= 11 is 0. The van der Waals surface area contributed by atoms with Crippen LogP contribution in [0.1, 0.15) is 160 Å². The quantitative estimate of drug-likeness (QED) is 0.0198. The highest BCUT2D eigenvalue weighted by Gasteiger charge is 2.59. The van der Waals surface area contributed by atoms with Crippen LogP contribution < -0.4 is 45.0 Å². The number of aliphatic imine (C=N–C) groups is 2. The van der Waals surface area contributed by atoms with Crippen LogP contribution in [0.3, 0.4) is 0 Å². The average Bonchev–Trinajstić information content (AvgIpc) is 1.26. The normalized spacial score (nSPS) is 17.5. The predicted molar refractivity (Wildman–Crippen MR) is 355 cm³/mol. The number of aldehydes is 1. The summed E-state index contributed by atoms with van der Waals surface area (Å²) in [7, 11) is 6.64. The Kier molecular flexibility index (Phi) is 21.9. The first-order valence-corrected chi connectivity index (χ1v) is 30.9. The van der Waals surface area contributed by atoms with Crippen LogP contribution in [-0.4, -0.2) is 129 Å². The van der Waals surface area contributed by atoms with Gasteiger partial charge >= 0.3 is 0 Å². The zero-order chi connectivity index (χ0) is 67.0. The fourth-order valence-electron chi connectivity index (χ4n) is 12.0. The summed E-state index contributed by atoms with van der Waals surface area (Å²) in [4.78, 5) is 106. The number of fused-ring (bicyclic) bond motifs is 1. The smallest absolute Gasteiger partial charge is 0.257 e. The Morgan fingerprint density at radius 1 is 0.758 bits per heavy atom. The van der Waals surface area contributed by atoms with Crippen molar-refractivity contribution in [3.05, 3.63) is 107 Å². The van der Waals surface area contributed by atoms with Gasteiger partial charge in [-0.1, -0.05) is 79.7 Å². The van der Waals surface area contributed by atoms with Gasteiger partial charge in [0, 0.05) is 66.2 Å². The van der Waals surface area contributed by atoms with Gasteiger partial charge in [0.1, 0.15) is 23.2 Å². The van der Waals surface area contributed by atoms with E-state index in [0.717, 1.165) is 47.2 Å². The second-order valence-electron chi connectivity index (χ2n) is 27.7. The number of likely N-dealkylation sites (tertiary alicyclic amines) is 1. The largest absolute Gasteiger partial charge is 0.497 e. The number of hydrogen-bond acceptors (Lipinski definition) is 15. The van der Waals surface area contributed by atoms with E-state index in [4.69, 9.17) is 33.7 Å². The lowest BCUT2D eigenvalue weighted by Crippen LogP contribution is -2.70. The summed E-state index contributed by atoms with van der Waals surface area (Å²) in [5.41, 5.74) is 2.15. The van der Waals surface area contributed by atoms with Crippen molar-refractivity contribution in [1.82, 2.24) is 25.8 Å². The monoisotopic (exact) mass is 1250 g/mol. The molecule has 7 rings (SSSR count). The number of nitrogens with one attached hydrogen (secondary N) is 4. The molecule has 0 bridgehead atoms. The molecule has 6 amide bonds. The number of nitrogens with zero attached hydrogens (tertiary/aromatic N) is 4. The highest BCUT2D eigenvalue weighted by molar-refractivity contribution is 6.21. The molecule has 488 valence electrons. The van der Waals surface area contributed by atoms with Crippen molar-refractivity contribution in [3.8, 4) is 28.7 Å². The molecule has 4 N–H and O–H groups in total. The third-order valence-corrected chi connectivity index (χ3v) is 16.8. The molecule has 91 heavy (non-hydrogen) atoms. The minimum atomic E-state index is -1.10. The standard InChI is InChI=1S/C71H92N8O12/c1-43(2)60(77-64(84)69(8,9)40-70(10,11)79-65(85)71(12,13)66(79)86)63(83)75-44(3)61(81)76-50-25-21-46(22-26-50)48-30-51(78(14)37-48)36-73-54-33-58(56(88-16)31-49(54)38-80)90-41-67(4,5)39-68(6,7)42-91-59-34-55-53(32-57(59)89-17)62(82)74-35-47(20-18-19-29-72-55)45-23-27-52(87-15)28-24-45/h21-29,31-38,43-44,51,60H,18-20,30,39-42H2,1-17H3,(H,74,82)(H,75,83)(H,76,81)(H,77,84)/b47-35+,72-29?,73-36?. The summed E-state index contributed by atoms with van der Waals surface area (Å²) in [5, 5.41) is 11.5. The molecule has 0 aromatic heterocycles. The maximum Gasteiger partial charge on any atom is 0.257 e. The fraction of sp³-hybridized carbons (Fsp3) is 0.479. The number of carbonyl (C=O) groups is 7. The SMILES string of the molecule is COc1ccc(/C2=C/NC(=O)c3cc(OC)c(OCC(C)(C)CC(C)(C)COc4cc(N=CC5CC(c6ccc(NC(=O)C(C)NC(=O)C(NC(=O)C(C)(C)CC(C)(C)N7C(=O)C(C)(C)C7=O)C(C)C)cc6)=CN5C)c(C=O)cc4OC)cc3N=CCCC2)cc1. The molecular formula is C71H92N8O12. The molecule has 1 saturated heterocycles. The van der Waals surface area contributed by atoms with Crippen LogP contribution in [0, 0.1) is 27.6 Å². The van der Waals surface area contributed by atoms with Crippen molar-refractivity contribution in [2.45, 2.75) is 152 Å². The van der Waals surface area contributed by atoms with Gasteiger partial charge in [-0.15, -0.1) is 0 Å². The number of benzene rings is 4. The molecule has 3 unspecified atom stereocenters. The first-order valence-electron chi connectivity index (χ1n) is 30.9. The third kappa shape index (κ3) is 17.0. The van der Waals surface area contributed by atoms with Crippen molar-refractivity contribution >= 4 is 82.4 Å². The summed E-state index contributed by atoms with van der Waals surface area (Å²) < 4.78 is 29.8. The maximum absolute atomic E-state index is 13.7. The van der Waals surface area contributed by atoms with E-state index in [0.29, 0.717) is 83.7 Å². The topological polar surface area (TPSA) is 245 Å². The molecule has 20 nitrogen and oxygen atoms in total. The van der Waals surface area contributed by atoms with Gasteiger partial charge in [-0.2, -0.15) is 0 Å². The lowest BCUT2D eigenvalue weighted by atomic mass is 9.72. The summed E-state index contributed by atoms with van der Waals surface area (Å²) in [6.07, 6.45) is 11.9. The van der Waals surface area contributed by atoms with Gasteiger partial charge in [0.15, 0.2) is 29.3 Å². The van der Waals surface area contributed by atoms with Crippen LogP contribution in [0.25, 0.3) is 11.1 Å². The van der Waals surface area contributed by atoms with Gasteiger partial charge in [0.25, 0.3) is 5.91 Å². The Balaban J connectivity index is 0.919. The molecule has 20 heteroatoms. The van der Waals surface area contributed by atoms with E-state index in [1.54, 1.807) is 125 Å². The van der Waals surface area contributed by atoms with E-state index < -0.39 is 46.2 Å². The zero-order valence-electron chi connectivity index (χ0n) is 56.0. The second kappa shape index (κ2) is 28.6. The molecule has 3 heterocycles. The molecule has 4 aromatic rings. The lowest BCUT2D eigenvalue weighted by Gasteiger charge is -2.52. The van der Waals surface area contributed by atoms with Gasteiger partial charge in [0.05, 0.1) is 57.5 Å². The molecule has 0 saturated carbocycles. The van der Waals surface area contributed by atoms with E-state index in [1.165, 1.54) is 12.0 Å². The second-order valence-corrected chi connectivity index (χ2v) is 27.7. The molecule has 3 aliphatic heterocycles. The van der Waals surface area contributed by atoms with Gasteiger partial charge < -0.3 is 49.9 Å². The van der Waals surface area contributed by atoms with E-state index in [-0.39, 0.29) is 46.9 Å². The Morgan fingerprint density at radius 2 is 1.35 bits per heavy atom. The highest BCUT2D eigenvalue weighted by atomic mass is 16.5. The van der Waals surface area contributed by atoms with Gasteiger partial charge in [-0.3, -0.25) is 48.4 Å². The Morgan fingerprint density at radius 3 is 1.95 bits per heavy atom. The third-order valence-electron chi connectivity index (χ3n) is 16.8. The average molecular weight is 1250 g/mol. The Labute approximate surface area is 536 Å². The van der Waals surface area contributed by atoms with Crippen LogP contribution in [0.15, 0.2) is 95.2 Å². The molecule has 3 aliphatic rings. The first-order chi connectivity index (χ1) is 42.7. The van der Waals surface area contributed by atoms with Gasteiger partial charge in [-0.05, 0) is 149 Å². The number of carbonyl (C=O) groups excluding carboxylic acids is 7. The fourth-order valence-corrected chi connectivity index (χ4v) is 12.0. The summed E-state index contributed by atoms with van der Waals surface area (Å²) in [5.74, 6) is -0.220. The highest BCUT2D eigenvalue weighted by Crippen LogP contribution is 2.44. The lowest BCUT2D eigenvalue weighted by molar-refractivity contribution is -0.183. The van der Waals surface area contributed by atoms with Crippen LogP contribution in [0.4, 0.5) is 17.1 Å². The van der Waals surface area contributed by atoms with Crippen molar-refractivity contribution in [1.29, 1.82) is 0 Å². The van der Waals surface area contributed by atoms with Gasteiger partial charge in [-0.25, -0.2) is 0 Å². The van der Waals surface area contributed by atoms with Crippen molar-refractivity contribution in [2.24, 2.45) is 37.6 Å². The van der Waals surface area contributed by atoms with E-state index >= 15 is 0 Å². The number of imide groups is 1. The molecular weight excluding hydrogens is 1160 g/mol. The van der Waals surface area contributed by atoms with Gasteiger partial charge in [0.2, 0.25) is 29.5 Å². The molecule has 0 spiro atoms. The molecule has 0 aliphatic carbocycles. The number of rotatable bonds is 26. The molecule has 3 atom stereocenters. The van der Waals surface area contributed by atoms with E-state index in [9.17, 15) is 33.6 Å². The van der Waals surface area contributed by atoms with Crippen molar-refractivity contribution < 1.29 is 57.2 Å². The number of allylic oxidation sites excluding steroid dienone is 1. The van der Waals surface area contributed by atoms with Crippen LogP contribution in [0.5, 0.6) is 28.7 Å².